The van der Waals surface area contributed by atoms with Gasteiger partial charge in [0.05, 0.1) is 11.5 Å². The number of amides is 1. The van der Waals surface area contributed by atoms with Gasteiger partial charge in [0.25, 0.3) is 0 Å². The third-order valence-corrected chi connectivity index (χ3v) is 5.24. The van der Waals surface area contributed by atoms with E-state index in [2.05, 4.69) is 10.3 Å². The molecule has 0 aliphatic carbocycles. The van der Waals surface area contributed by atoms with Gasteiger partial charge in [-0.2, -0.15) is 0 Å². The van der Waals surface area contributed by atoms with Gasteiger partial charge in [-0.1, -0.05) is 0 Å². The summed E-state index contributed by atoms with van der Waals surface area (Å²) in [6.45, 7) is 3.21. The Bertz CT molecular complexity index is 595. The summed E-state index contributed by atoms with van der Waals surface area (Å²) in [6, 6.07) is 3.32. The lowest BCUT2D eigenvalue weighted by Crippen LogP contribution is -2.44. The van der Waals surface area contributed by atoms with Crippen LogP contribution in [-0.4, -0.2) is 42.1 Å². The second-order valence-corrected chi connectivity index (χ2v) is 6.58. The van der Waals surface area contributed by atoms with E-state index in [1.807, 2.05) is 0 Å². The van der Waals surface area contributed by atoms with E-state index in [-0.39, 0.29) is 17.4 Å². The molecule has 118 valence electrons. The molecule has 0 bridgehead atoms. The molecule has 0 aromatic heterocycles. The van der Waals surface area contributed by atoms with E-state index in [4.69, 9.17) is 0 Å². The van der Waals surface area contributed by atoms with Crippen LogP contribution in [0.5, 0.6) is 0 Å². The number of halogens is 2. The lowest BCUT2D eigenvalue weighted by molar-refractivity contribution is -0.144. The van der Waals surface area contributed by atoms with Gasteiger partial charge in [-0.05, 0) is 50.0 Å². The van der Waals surface area contributed by atoms with Crippen LogP contribution in [0.1, 0.15) is 30.9 Å². The van der Waals surface area contributed by atoms with Gasteiger partial charge in [0.1, 0.15) is 11.6 Å². The number of hydrazine groups is 1. The molecule has 1 aromatic rings. The van der Waals surface area contributed by atoms with Crippen LogP contribution in [-0.2, 0) is 4.79 Å². The topological polar surface area (TPSA) is 35.6 Å². The maximum Gasteiger partial charge on any atom is 0.245 e. The Hall–Kier alpha value is -1.53. The van der Waals surface area contributed by atoms with Gasteiger partial charge in [-0.25, -0.2) is 13.8 Å². The van der Waals surface area contributed by atoms with E-state index < -0.39 is 11.6 Å². The summed E-state index contributed by atoms with van der Waals surface area (Å²) in [5, 5.41) is 7.13. The van der Waals surface area contributed by atoms with Gasteiger partial charge in [0.2, 0.25) is 5.91 Å². The lowest BCUT2D eigenvalue weighted by Gasteiger charge is -2.32. The third kappa shape index (κ3) is 2.05. The van der Waals surface area contributed by atoms with Crippen LogP contribution in [0, 0.1) is 17.0 Å². The molecule has 4 nitrogen and oxygen atoms in total. The van der Waals surface area contributed by atoms with Gasteiger partial charge < -0.3 is 5.32 Å². The summed E-state index contributed by atoms with van der Waals surface area (Å²) in [7, 11) is 0. The Morgan fingerprint density at radius 1 is 1.14 bits per heavy atom. The second kappa shape index (κ2) is 4.99. The predicted octanol–water partition coefficient (Wildman–Crippen LogP) is 1.84. The minimum Gasteiger partial charge on any atom is -0.317 e. The van der Waals surface area contributed by atoms with Crippen molar-refractivity contribution in [2.45, 2.75) is 25.3 Å². The van der Waals surface area contributed by atoms with Gasteiger partial charge in [0.15, 0.2) is 0 Å². The van der Waals surface area contributed by atoms with Gasteiger partial charge in [0, 0.05) is 19.2 Å². The zero-order valence-corrected chi connectivity index (χ0v) is 12.3. The van der Waals surface area contributed by atoms with Gasteiger partial charge in [-0.3, -0.25) is 9.80 Å². The molecule has 3 saturated heterocycles. The van der Waals surface area contributed by atoms with Gasteiger partial charge in [-0.15, -0.1) is 0 Å². The molecule has 3 heterocycles. The van der Waals surface area contributed by atoms with Crippen molar-refractivity contribution < 1.29 is 13.6 Å². The number of carbonyl (C=O) groups is 1. The molecule has 3 aliphatic heterocycles. The van der Waals surface area contributed by atoms with E-state index in [1.165, 1.54) is 12.1 Å². The summed E-state index contributed by atoms with van der Waals surface area (Å²) in [5.74, 6) is -1.05. The third-order valence-electron chi connectivity index (χ3n) is 5.24. The molecule has 1 spiro atoms. The van der Waals surface area contributed by atoms with Crippen LogP contribution in [0.25, 0.3) is 0 Å². The molecule has 0 saturated carbocycles. The number of benzene rings is 1. The minimum absolute atomic E-state index is 0.126. The Morgan fingerprint density at radius 2 is 1.82 bits per heavy atom. The second-order valence-electron chi connectivity index (χ2n) is 6.58. The lowest BCUT2D eigenvalue weighted by atomic mass is 9.78. The molecule has 1 amide bonds. The van der Waals surface area contributed by atoms with Crippen LogP contribution in [0.4, 0.5) is 8.78 Å². The number of hydrogen-bond donors (Lipinski definition) is 1. The van der Waals surface area contributed by atoms with Crippen molar-refractivity contribution in [1.29, 1.82) is 0 Å². The van der Waals surface area contributed by atoms with Crippen molar-refractivity contribution in [1.82, 2.24) is 15.3 Å². The molecule has 1 aromatic carbocycles. The molecule has 1 unspecified atom stereocenters. The highest BCUT2D eigenvalue weighted by molar-refractivity contribution is 5.85. The van der Waals surface area contributed by atoms with E-state index in [1.54, 1.807) is 5.01 Å². The Labute approximate surface area is 128 Å². The number of fused-ring (bicyclic) bond motifs is 1. The first-order chi connectivity index (χ1) is 10.6. The SMILES string of the molecule is O=C1N2C(c3cc(F)cc(F)c3)CCN2CC12CCNCC2. The van der Waals surface area contributed by atoms with Gasteiger partial charge >= 0.3 is 0 Å². The molecule has 1 atom stereocenters. The molecule has 22 heavy (non-hydrogen) atoms. The van der Waals surface area contributed by atoms with Crippen LogP contribution in [0.2, 0.25) is 0 Å². The predicted molar refractivity (Wildman–Crippen MR) is 76.7 cm³/mol. The highest BCUT2D eigenvalue weighted by Crippen LogP contribution is 2.46. The maximum absolute atomic E-state index is 13.5. The fourth-order valence-corrected chi connectivity index (χ4v) is 4.14. The monoisotopic (exact) mass is 307 g/mol. The first-order valence-electron chi connectivity index (χ1n) is 7.84. The van der Waals surface area contributed by atoms with Crippen molar-refractivity contribution in [3.05, 3.63) is 35.4 Å². The molecule has 6 heteroatoms. The number of hydrogen-bond acceptors (Lipinski definition) is 3. The maximum atomic E-state index is 13.5. The number of carbonyl (C=O) groups excluding carboxylic acids is 1. The number of nitrogens with one attached hydrogen (secondary N) is 1. The summed E-state index contributed by atoms with van der Waals surface area (Å²) < 4.78 is 27.0. The first-order valence-corrected chi connectivity index (χ1v) is 7.84. The first kappa shape index (κ1) is 14.1. The van der Waals surface area contributed by atoms with Crippen molar-refractivity contribution in [3.8, 4) is 0 Å². The molecule has 0 radical (unpaired) electrons. The Balaban J connectivity index is 1.65. The van der Waals surface area contributed by atoms with E-state index in [0.717, 1.165) is 51.5 Å². The zero-order chi connectivity index (χ0) is 15.3. The van der Waals surface area contributed by atoms with E-state index >= 15 is 0 Å². The smallest absolute Gasteiger partial charge is 0.245 e. The number of nitrogens with zero attached hydrogens (tertiary/aromatic N) is 2. The van der Waals surface area contributed by atoms with Crippen LogP contribution >= 0.6 is 0 Å². The number of rotatable bonds is 1. The standard InChI is InChI=1S/C16H19F2N3O/c17-12-7-11(8-13(18)9-12)14-1-6-20-10-16(15(22)21(14)20)2-4-19-5-3-16/h7-9,14,19H,1-6,10H2. The molecular formula is C16H19F2N3O. The normalized spacial score (nSPS) is 27.6. The fraction of sp³-hybridized carbons (Fsp3) is 0.562. The average Bonchev–Trinajstić information content (AvgIpc) is 2.99. The van der Waals surface area contributed by atoms with E-state index in [9.17, 15) is 13.6 Å². The van der Waals surface area contributed by atoms with Crippen LogP contribution in [0.15, 0.2) is 18.2 Å². The largest absolute Gasteiger partial charge is 0.317 e. The highest BCUT2D eigenvalue weighted by Gasteiger charge is 2.55. The Kier molecular flexibility index (Phi) is 3.20. The fourth-order valence-electron chi connectivity index (χ4n) is 4.14. The van der Waals surface area contributed by atoms with Crippen LogP contribution in [0.3, 0.4) is 0 Å². The summed E-state index contributed by atoms with van der Waals surface area (Å²) in [6.07, 6.45) is 2.40. The molecule has 3 fully saturated rings. The highest BCUT2D eigenvalue weighted by atomic mass is 19.1. The van der Waals surface area contributed by atoms with Crippen molar-refractivity contribution >= 4 is 5.91 Å². The molecule has 3 aliphatic rings. The minimum atomic E-state index is -0.586. The summed E-state index contributed by atoms with van der Waals surface area (Å²) in [4.78, 5) is 13.0. The average molecular weight is 307 g/mol. The van der Waals surface area contributed by atoms with Crippen molar-refractivity contribution in [2.75, 3.05) is 26.2 Å². The number of piperidine rings is 1. The molecule has 1 N–H and O–H groups in total. The molecular weight excluding hydrogens is 288 g/mol. The van der Waals surface area contributed by atoms with E-state index in [0.29, 0.717) is 5.56 Å². The zero-order valence-electron chi connectivity index (χ0n) is 12.3. The van der Waals surface area contributed by atoms with Crippen molar-refractivity contribution in [3.63, 3.8) is 0 Å². The van der Waals surface area contributed by atoms with Crippen molar-refractivity contribution in [2.24, 2.45) is 5.41 Å². The molecule has 4 rings (SSSR count). The summed E-state index contributed by atoms with van der Waals surface area (Å²) in [5.41, 5.74) is 0.245. The summed E-state index contributed by atoms with van der Waals surface area (Å²) >= 11 is 0. The Morgan fingerprint density at radius 3 is 2.50 bits per heavy atom. The quantitative estimate of drug-likeness (QED) is 0.860. The van der Waals surface area contributed by atoms with Crippen LogP contribution < -0.4 is 5.32 Å².